The van der Waals surface area contributed by atoms with E-state index < -0.39 is 0 Å². The highest BCUT2D eigenvalue weighted by Gasteiger charge is 2.24. The first-order valence-electron chi connectivity index (χ1n) is 43.9. The number of hydrogen-bond donors (Lipinski definition) is 0. The summed E-state index contributed by atoms with van der Waals surface area (Å²) in [5.74, 6) is 5.91. The van der Waals surface area contributed by atoms with Crippen LogP contribution in [0.4, 0.5) is 0 Å². The maximum Gasteiger partial charge on any atom is 0.164 e. The minimum absolute atomic E-state index is 0.651. The van der Waals surface area contributed by atoms with Crippen molar-refractivity contribution in [2.75, 3.05) is 0 Å². The van der Waals surface area contributed by atoms with Crippen molar-refractivity contribution in [2.45, 2.75) is 0 Å². The first-order chi connectivity index (χ1) is 65.4. The van der Waals surface area contributed by atoms with Gasteiger partial charge in [-0.15, -0.1) is 34.0 Å². The topological polar surface area (TPSA) is 131 Å². The van der Waals surface area contributed by atoms with Crippen LogP contribution in [-0.4, -0.2) is 58.6 Å². The number of rotatable bonds is 12. The molecule has 9 heterocycles. The van der Waals surface area contributed by atoms with Crippen molar-refractivity contribution in [3.63, 3.8) is 0 Å². The molecule has 132 heavy (non-hydrogen) atoms. The molecule has 0 amide bonds. The standard InChI is InChI=1S/3C39H24N4S/c1-3-11-25(12-4-1)37-40-38(26-13-5-2-6-14-26)42-39(41-37)27-19-21-28(22-20-27)43-33-17-9-7-15-29(33)31-24-36-32(23-34(31)43)30-16-8-10-18-35(30)44-36;1-3-11-25(12-4-1)37-40-38(26-13-5-2-6-14-26)42-39(41-37)27-19-21-28(22-20-27)43-32-17-9-7-15-29(32)30-23-24-34-35(36(30)43)31-16-8-10-18-33(31)44-34;1-3-11-25(12-4-1)37-40-38(26-13-5-2-6-14-26)42-39(41-37)27-19-21-28(22-20-27)43-33-17-9-7-15-29(33)31-23-24-32-30-16-8-10-18-34(30)44-36(32)35(31)43/h3*1-24H. The fraction of sp³-hybridized carbons (Fsp3) is 0. The second kappa shape index (κ2) is 32.7. The summed E-state index contributed by atoms with van der Waals surface area (Å²) in [6.07, 6.45) is 0. The van der Waals surface area contributed by atoms with Crippen LogP contribution in [-0.2, 0) is 0 Å². The molecule has 0 atom stereocenters. The van der Waals surface area contributed by atoms with Gasteiger partial charge in [0.05, 0.1) is 37.8 Å². The molecule has 0 spiro atoms. The van der Waals surface area contributed by atoms with Crippen molar-refractivity contribution in [3.8, 4) is 120 Å². The van der Waals surface area contributed by atoms with Crippen LogP contribution >= 0.6 is 34.0 Å². The first kappa shape index (κ1) is 77.4. The van der Waals surface area contributed by atoms with Crippen LogP contribution in [0.2, 0.25) is 0 Å². The summed E-state index contributed by atoms with van der Waals surface area (Å²) < 4.78 is 15.0. The lowest BCUT2D eigenvalue weighted by Gasteiger charge is -2.11. The molecule has 18 aromatic carbocycles. The normalized spacial score (nSPS) is 11.6. The van der Waals surface area contributed by atoms with Crippen LogP contribution < -0.4 is 0 Å². The lowest BCUT2D eigenvalue weighted by Crippen LogP contribution is -2.00. The van der Waals surface area contributed by atoms with Gasteiger partial charge in [-0.1, -0.05) is 309 Å². The van der Waals surface area contributed by atoms with Crippen molar-refractivity contribution in [2.24, 2.45) is 0 Å². The molecule has 0 saturated carbocycles. The Balaban J connectivity index is 0.000000106. The molecule has 27 aromatic rings. The number of para-hydroxylation sites is 3. The highest BCUT2D eigenvalue weighted by Crippen LogP contribution is 2.47. The fourth-order valence-corrected chi connectivity index (χ4v) is 22.1. The molecule has 27 rings (SSSR count). The summed E-state index contributed by atoms with van der Waals surface area (Å²) in [6, 6.07) is 152. The molecule has 0 aliphatic carbocycles. The lowest BCUT2D eigenvalue weighted by atomic mass is 10.1. The number of hydrogen-bond acceptors (Lipinski definition) is 12. The summed E-state index contributed by atoms with van der Waals surface area (Å²) in [5, 5.41) is 15.4. The van der Waals surface area contributed by atoms with Gasteiger partial charge >= 0.3 is 0 Å². The van der Waals surface area contributed by atoms with E-state index in [1.807, 2.05) is 216 Å². The Hall–Kier alpha value is -17.0. The number of aromatic nitrogens is 12. The highest BCUT2D eigenvalue weighted by molar-refractivity contribution is 7.27. The van der Waals surface area contributed by atoms with E-state index >= 15 is 0 Å². The molecule has 0 saturated heterocycles. The minimum atomic E-state index is 0.651. The smallest absolute Gasteiger partial charge is 0.164 e. The predicted octanol–water partition coefficient (Wildman–Crippen LogP) is 31.0. The second-order valence-corrected chi connectivity index (χ2v) is 35.9. The Morgan fingerprint density at radius 1 is 0.152 bits per heavy atom. The zero-order valence-electron chi connectivity index (χ0n) is 70.7. The maximum absolute atomic E-state index is 4.93. The Labute approximate surface area is 769 Å². The molecule has 0 fully saturated rings. The summed E-state index contributed by atoms with van der Waals surface area (Å²) in [6.45, 7) is 0. The van der Waals surface area contributed by atoms with E-state index in [0.717, 1.165) is 67.1 Å². The van der Waals surface area contributed by atoms with Gasteiger partial charge in [0.1, 0.15) is 0 Å². The number of benzene rings is 18. The van der Waals surface area contributed by atoms with E-state index in [0.29, 0.717) is 52.4 Å². The molecule has 0 aliphatic heterocycles. The Bertz CT molecular complexity index is 8910. The van der Waals surface area contributed by atoms with Crippen molar-refractivity contribution in [1.29, 1.82) is 0 Å². The molecule has 0 aliphatic rings. The summed E-state index contributed by atoms with van der Waals surface area (Å²) in [5.41, 5.74) is 19.2. The number of fused-ring (bicyclic) bond motifs is 20. The number of thiophene rings is 3. The van der Waals surface area contributed by atoms with E-state index in [1.165, 1.54) is 126 Å². The molecule has 9 aromatic heterocycles. The summed E-state index contributed by atoms with van der Waals surface area (Å²) in [4.78, 5) is 44.1. The van der Waals surface area contributed by atoms with E-state index in [2.05, 4.69) is 268 Å². The molecule has 0 unspecified atom stereocenters. The average Bonchev–Trinajstić information content (AvgIpc) is 1.55. The Kier molecular flexibility index (Phi) is 19.2. The average molecular weight is 1740 g/mol. The molecule has 15 heteroatoms. The zero-order chi connectivity index (χ0) is 87.1. The molecule has 0 N–H and O–H groups in total. The van der Waals surface area contributed by atoms with Gasteiger partial charge in [-0.25, -0.2) is 44.9 Å². The van der Waals surface area contributed by atoms with Gasteiger partial charge in [-0.05, 0) is 127 Å². The molecule has 12 nitrogen and oxygen atoms in total. The van der Waals surface area contributed by atoms with Gasteiger partial charge in [0.15, 0.2) is 52.4 Å². The van der Waals surface area contributed by atoms with Gasteiger partial charge in [0.25, 0.3) is 0 Å². The third-order valence-corrected chi connectivity index (χ3v) is 28.2. The van der Waals surface area contributed by atoms with Crippen LogP contribution in [0.5, 0.6) is 0 Å². The molecular weight excluding hydrogens is 1670 g/mol. The SMILES string of the molecule is c1ccc(-c2nc(-c3ccccc3)nc(-c3ccc(-n4c5ccccc5c5cc6sc7ccccc7c6cc54)cc3)n2)cc1.c1ccc(-c2nc(-c3ccccc3)nc(-c3ccc(-n4c5ccccc5c5ccc6c7ccccc7sc6c54)cc3)n2)cc1.c1ccc(-c2nc(-c3ccccc3)nc(-c3ccc(-n4c5ccccc5c5ccc6sc7ccccc7c6c54)cc3)n2)cc1. The third kappa shape index (κ3) is 13.8. The first-order valence-corrected chi connectivity index (χ1v) is 46.3. The second-order valence-electron chi connectivity index (χ2n) is 32.6. The predicted molar refractivity (Wildman–Crippen MR) is 550 cm³/mol. The molecule has 618 valence electrons. The van der Waals surface area contributed by atoms with Crippen LogP contribution in [0.1, 0.15) is 0 Å². The fourth-order valence-electron chi connectivity index (χ4n) is 18.6. The third-order valence-electron chi connectivity index (χ3n) is 24.8. The maximum atomic E-state index is 4.93. The summed E-state index contributed by atoms with van der Waals surface area (Å²) >= 11 is 5.58. The van der Waals surface area contributed by atoms with Crippen molar-refractivity contribution in [3.05, 3.63) is 437 Å². The van der Waals surface area contributed by atoms with E-state index in [9.17, 15) is 0 Å². The molecule has 0 radical (unpaired) electrons. The van der Waals surface area contributed by atoms with Crippen LogP contribution in [0.3, 0.4) is 0 Å². The largest absolute Gasteiger partial charge is 0.309 e. The molecular formula is C117H72N12S3. The van der Waals surface area contributed by atoms with Gasteiger partial charge < -0.3 is 13.7 Å². The highest BCUT2D eigenvalue weighted by atomic mass is 32.1. The number of nitrogens with zero attached hydrogens (tertiary/aromatic N) is 12. The van der Waals surface area contributed by atoms with E-state index in [4.69, 9.17) is 44.9 Å². The van der Waals surface area contributed by atoms with Gasteiger partial charge in [-0.3, -0.25) is 0 Å². The van der Waals surface area contributed by atoms with E-state index in [1.54, 1.807) is 0 Å². The van der Waals surface area contributed by atoms with Crippen molar-refractivity contribution >= 4 is 160 Å². The van der Waals surface area contributed by atoms with Gasteiger partial charge in [0.2, 0.25) is 0 Å². The van der Waals surface area contributed by atoms with Crippen LogP contribution in [0, 0.1) is 0 Å². The van der Waals surface area contributed by atoms with Crippen LogP contribution in [0.25, 0.3) is 245 Å². The zero-order valence-corrected chi connectivity index (χ0v) is 73.1. The Morgan fingerprint density at radius 2 is 0.424 bits per heavy atom. The van der Waals surface area contributed by atoms with Gasteiger partial charge in [0, 0.05) is 155 Å². The van der Waals surface area contributed by atoms with Gasteiger partial charge in [-0.2, -0.15) is 0 Å². The van der Waals surface area contributed by atoms with Crippen LogP contribution in [0.15, 0.2) is 437 Å². The summed E-state index contributed by atoms with van der Waals surface area (Å²) in [7, 11) is 0. The molecule has 0 bridgehead atoms. The monoisotopic (exact) mass is 1740 g/mol. The quantitative estimate of drug-likeness (QED) is 0.117. The Morgan fingerprint density at radius 3 is 0.826 bits per heavy atom. The minimum Gasteiger partial charge on any atom is -0.309 e. The van der Waals surface area contributed by atoms with Crippen molar-refractivity contribution in [1.82, 2.24) is 58.6 Å². The van der Waals surface area contributed by atoms with E-state index in [-0.39, 0.29) is 0 Å². The van der Waals surface area contributed by atoms with Crippen molar-refractivity contribution < 1.29 is 0 Å². The lowest BCUT2D eigenvalue weighted by molar-refractivity contribution is 1.07.